The Balaban J connectivity index is 0.000000181. The van der Waals surface area contributed by atoms with Crippen molar-refractivity contribution in [2.24, 2.45) is 0 Å². The van der Waals surface area contributed by atoms with Gasteiger partial charge in [-0.1, -0.05) is 11.6 Å². The number of rotatable bonds is 2. The van der Waals surface area contributed by atoms with Crippen molar-refractivity contribution in [3.05, 3.63) is 102 Å². The van der Waals surface area contributed by atoms with E-state index in [-0.39, 0.29) is 10.7 Å². The van der Waals surface area contributed by atoms with Crippen LogP contribution in [0.2, 0.25) is 5.02 Å². The molecule has 1 N–H and O–H groups in total. The molecule has 3 aromatic carbocycles. The van der Waals surface area contributed by atoms with Crippen molar-refractivity contribution in [3.8, 4) is 0 Å². The lowest BCUT2D eigenvalue weighted by atomic mass is 10.2. The molecule has 0 atom stereocenters. The van der Waals surface area contributed by atoms with Crippen molar-refractivity contribution in [1.82, 2.24) is 8.96 Å². The maximum Gasteiger partial charge on any atom is 0.268 e. The molecule has 0 bridgehead atoms. The van der Waals surface area contributed by atoms with E-state index in [1.807, 2.05) is 6.07 Å². The Morgan fingerprint density at radius 1 is 0.800 bits per heavy atom. The van der Waals surface area contributed by atoms with Gasteiger partial charge in [0.2, 0.25) is 0 Å². The minimum absolute atomic E-state index is 0.128. The number of aromatic nitrogens is 2. The van der Waals surface area contributed by atoms with Crippen molar-refractivity contribution in [2.45, 2.75) is 4.90 Å². The second-order valence-corrected chi connectivity index (χ2v) is 8.73. The molecule has 5 aromatic rings. The van der Waals surface area contributed by atoms with Crippen LogP contribution in [0.4, 0.5) is 8.78 Å². The highest BCUT2D eigenvalue weighted by Crippen LogP contribution is 2.23. The first-order chi connectivity index (χ1) is 14.3. The highest BCUT2D eigenvalue weighted by molar-refractivity contribution is 7.90. The average Bonchev–Trinajstić information content (AvgIpc) is 3.35. The van der Waals surface area contributed by atoms with E-state index in [4.69, 9.17) is 11.6 Å². The standard InChI is InChI=1S/C14H9ClFNO2S.C8H6FN/c15-11-1-4-13(5-2-11)20(18,19)17-8-7-10-9-12(16)3-6-14(10)17;9-7-1-2-8-6(5-7)3-4-10-8/h1-9H;1-5,10H. The Morgan fingerprint density at radius 3 is 2.20 bits per heavy atom. The summed E-state index contributed by atoms with van der Waals surface area (Å²) in [7, 11) is -3.72. The second kappa shape index (κ2) is 7.93. The molecule has 0 fully saturated rings. The van der Waals surface area contributed by atoms with E-state index in [2.05, 4.69) is 4.98 Å². The average molecular weight is 445 g/mol. The summed E-state index contributed by atoms with van der Waals surface area (Å²) in [6.45, 7) is 0. The predicted molar refractivity (Wildman–Crippen MR) is 114 cm³/mol. The van der Waals surface area contributed by atoms with Crippen LogP contribution in [-0.2, 0) is 10.0 Å². The number of fused-ring (bicyclic) bond motifs is 2. The van der Waals surface area contributed by atoms with Gasteiger partial charge in [-0.15, -0.1) is 0 Å². The van der Waals surface area contributed by atoms with Gasteiger partial charge in [0.25, 0.3) is 10.0 Å². The first-order valence-corrected chi connectivity index (χ1v) is 10.7. The quantitative estimate of drug-likeness (QED) is 0.364. The maximum absolute atomic E-state index is 13.1. The largest absolute Gasteiger partial charge is 0.361 e. The molecule has 0 unspecified atom stereocenters. The number of nitrogens with one attached hydrogen (secondary N) is 1. The molecule has 4 nitrogen and oxygen atoms in total. The molecule has 30 heavy (non-hydrogen) atoms. The lowest BCUT2D eigenvalue weighted by Gasteiger charge is -2.07. The van der Waals surface area contributed by atoms with Gasteiger partial charge in [0.1, 0.15) is 11.6 Å². The van der Waals surface area contributed by atoms with Crippen molar-refractivity contribution in [1.29, 1.82) is 0 Å². The summed E-state index contributed by atoms with van der Waals surface area (Å²) in [6, 6.07) is 18.0. The monoisotopic (exact) mass is 444 g/mol. The molecule has 0 amide bonds. The molecule has 0 radical (unpaired) electrons. The molecule has 5 rings (SSSR count). The van der Waals surface area contributed by atoms with Crippen LogP contribution in [0.5, 0.6) is 0 Å². The van der Waals surface area contributed by atoms with E-state index < -0.39 is 15.8 Å². The lowest BCUT2D eigenvalue weighted by molar-refractivity contribution is 0.589. The third-order valence-corrected chi connectivity index (χ3v) is 6.46. The van der Waals surface area contributed by atoms with Gasteiger partial charge in [-0.05, 0) is 72.8 Å². The maximum atomic E-state index is 13.1. The number of benzene rings is 3. The van der Waals surface area contributed by atoms with Gasteiger partial charge >= 0.3 is 0 Å². The molecule has 0 saturated carbocycles. The summed E-state index contributed by atoms with van der Waals surface area (Å²) in [6.07, 6.45) is 3.21. The molecule has 2 heterocycles. The number of nitrogens with zero attached hydrogens (tertiary/aromatic N) is 1. The number of H-pyrrole nitrogens is 1. The zero-order valence-corrected chi connectivity index (χ0v) is 17.0. The van der Waals surface area contributed by atoms with Crippen molar-refractivity contribution in [2.75, 3.05) is 0 Å². The lowest BCUT2D eigenvalue weighted by Crippen LogP contribution is -2.11. The van der Waals surface area contributed by atoms with Gasteiger partial charge < -0.3 is 4.98 Å². The Bertz CT molecular complexity index is 1440. The molecule has 8 heteroatoms. The van der Waals surface area contributed by atoms with Gasteiger partial charge in [-0.3, -0.25) is 0 Å². The predicted octanol–water partition coefficient (Wildman–Crippen LogP) is 5.98. The zero-order chi connectivity index (χ0) is 21.3. The van der Waals surface area contributed by atoms with Gasteiger partial charge in [-0.2, -0.15) is 0 Å². The fourth-order valence-corrected chi connectivity index (χ4v) is 4.52. The van der Waals surface area contributed by atoms with E-state index in [1.54, 1.807) is 18.3 Å². The Morgan fingerprint density at radius 2 is 1.47 bits per heavy atom. The molecule has 0 saturated heterocycles. The van der Waals surface area contributed by atoms with E-state index in [9.17, 15) is 17.2 Å². The fourth-order valence-electron chi connectivity index (χ4n) is 3.04. The highest BCUT2D eigenvalue weighted by Gasteiger charge is 2.18. The Labute approximate surface area is 176 Å². The minimum atomic E-state index is -3.72. The van der Waals surface area contributed by atoms with Crippen molar-refractivity contribution >= 4 is 43.4 Å². The van der Waals surface area contributed by atoms with Gasteiger partial charge in [-0.25, -0.2) is 21.2 Å². The Kier molecular flexibility index (Phi) is 5.32. The molecular weight excluding hydrogens is 430 g/mol. The second-order valence-electron chi connectivity index (χ2n) is 6.48. The van der Waals surface area contributed by atoms with Gasteiger partial charge in [0.05, 0.1) is 10.4 Å². The Hall–Kier alpha value is -3.16. The first-order valence-electron chi connectivity index (χ1n) is 8.85. The highest BCUT2D eigenvalue weighted by atomic mass is 35.5. The minimum Gasteiger partial charge on any atom is -0.361 e. The molecule has 0 aliphatic rings. The van der Waals surface area contributed by atoms with Crippen molar-refractivity contribution in [3.63, 3.8) is 0 Å². The summed E-state index contributed by atoms with van der Waals surface area (Å²) in [5.74, 6) is -0.591. The molecular formula is C22H15ClF2N2O2S. The molecule has 0 aliphatic carbocycles. The summed E-state index contributed by atoms with van der Waals surface area (Å²) in [5, 5.41) is 1.91. The zero-order valence-electron chi connectivity index (χ0n) is 15.4. The molecule has 2 aromatic heterocycles. The van der Waals surface area contributed by atoms with Gasteiger partial charge in [0.15, 0.2) is 0 Å². The van der Waals surface area contributed by atoms with Crippen LogP contribution in [0, 0.1) is 11.6 Å². The summed E-state index contributed by atoms with van der Waals surface area (Å²) in [5.41, 5.74) is 1.41. The topological polar surface area (TPSA) is 54.9 Å². The fraction of sp³-hybridized carbons (Fsp3) is 0. The summed E-state index contributed by atoms with van der Waals surface area (Å²) >= 11 is 5.76. The van der Waals surface area contributed by atoms with Crippen LogP contribution >= 0.6 is 11.6 Å². The number of hydrogen-bond acceptors (Lipinski definition) is 2. The van der Waals surface area contributed by atoms with Crippen LogP contribution < -0.4 is 0 Å². The molecule has 0 spiro atoms. The first kappa shape index (κ1) is 20.1. The van der Waals surface area contributed by atoms with Gasteiger partial charge in [0, 0.05) is 33.7 Å². The van der Waals surface area contributed by atoms with Crippen LogP contribution in [0.1, 0.15) is 0 Å². The SMILES string of the molecule is Fc1ccc2[nH]ccc2c1.O=S(=O)(c1ccc(Cl)cc1)n1ccc2cc(F)ccc21. The van der Waals surface area contributed by atoms with Crippen LogP contribution in [0.25, 0.3) is 21.8 Å². The van der Waals surface area contributed by atoms with Crippen LogP contribution in [0.15, 0.2) is 90.1 Å². The summed E-state index contributed by atoms with van der Waals surface area (Å²) < 4.78 is 51.8. The molecule has 152 valence electrons. The van der Waals surface area contributed by atoms with E-state index in [0.29, 0.717) is 15.9 Å². The van der Waals surface area contributed by atoms with E-state index in [1.165, 1.54) is 60.8 Å². The number of hydrogen-bond donors (Lipinski definition) is 1. The summed E-state index contributed by atoms with van der Waals surface area (Å²) in [4.78, 5) is 3.11. The number of halogens is 3. The third-order valence-electron chi connectivity index (χ3n) is 4.50. The normalized spacial score (nSPS) is 11.4. The van der Waals surface area contributed by atoms with Crippen molar-refractivity contribution < 1.29 is 17.2 Å². The number of aromatic amines is 1. The molecule has 0 aliphatic heterocycles. The van der Waals surface area contributed by atoms with Crippen LogP contribution in [-0.4, -0.2) is 17.4 Å². The van der Waals surface area contributed by atoms with E-state index >= 15 is 0 Å². The smallest absolute Gasteiger partial charge is 0.268 e. The van der Waals surface area contributed by atoms with Crippen LogP contribution in [0.3, 0.4) is 0 Å². The third kappa shape index (κ3) is 3.94. The van der Waals surface area contributed by atoms with E-state index in [0.717, 1.165) is 14.9 Å².